The van der Waals surface area contributed by atoms with Crippen LogP contribution >= 0.6 is 10.5 Å². The lowest BCUT2D eigenvalue weighted by molar-refractivity contribution is 0.0127. The largest absolute Gasteiger partial charge is 0.472 e. The van der Waals surface area contributed by atoms with Crippen LogP contribution in [-0.4, -0.2) is 5.97 Å². The van der Waals surface area contributed by atoms with Crippen molar-refractivity contribution >= 4 is 26.5 Å². The molecular formula is C25H21O3S+. The summed E-state index contributed by atoms with van der Waals surface area (Å²) in [6.45, 7) is 5.63. The average Bonchev–Trinajstić information content (AvgIpc) is 3.38. The van der Waals surface area contributed by atoms with E-state index in [1.165, 1.54) is 20.5 Å². The molecule has 0 N–H and O–H groups in total. The fourth-order valence-electron chi connectivity index (χ4n) is 3.40. The van der Waals surface area contributed by atoms with E-state index in [1.54, 1.807) is 32.4 Å². The Hall–Kier alpha value is -3.29. The maximum atomic E-state index is 12.8. The second-order valence-electron chi connectivity index (χ2n) is 6.97. The van der Waals surface area contributed by atoms with E-state index < -0.39 is 11.6 Å². The quantitative estimate of drug-likeness (QED) is 0.220. The number of furan rings is 1. The van der Waals surface area contributed by atoms with Gasteiger partial charge in [0.15, 0.2) is 15.2 Å². The predicted octanol–water partition coefficient (Wildman–Crippen LogP) is 6.58. The molecule has 4 heteroatoms. The van der Waals surface area contributed by atoms with Crippen LogP contribution in [0.5, 0.6) is 0 Å². The van der Waals surface area contributed by atoms with Gasteiger partial charge < -0.3 is 9.15 Å². The second-order valence-corrected chi connectivity index (χ2v) is 8.79. The molecule has 0 aliphatic carbocycles. The molecule has 2 aromatic heterocycles. The van der Waals surface area contributed by atoms with Crippen LogP contribution in [0.3, 0.4) is 0 Å². The van der Waals surface area contributed by atoms with Crippen molar-refractivity contribution in [3.8, 4) is 16.7 Å². The van der Waals surface area contributed by atoms with Crippen LogP contribution in [0.15, 0.2) is 76.9 Å². The van der Waals surface area contributed by atoms with Gasteiger partial charge in [-0.05, 0) is 63.2 Å². The molecule has 0 spiro atoms. The number of hydrogen-bond acceptors (Lipinski definition) is 3. The number of carbonyl (C=O) groups excluding carboxylic acids is 1. The van der Waals surface area contributed by atoms with Crippen LogP contribution in [0.4, 0.5) is 0 Å². The molecule has 2 atom stereocenters. The molecule has 29 heavy (non-hydrogen) atoms. The zero-order chi connectivity index (χ0) is 20.4. The number of hydrogen-bond donors (Lipinski definition) is 0. The average molecular weight is 402 g/mol. The normalized spacial score (nSPS) is 13.4. The summed E-state index contributed by atoms with van der Waals surface area (Å²) in [5.41, 5.74) is 1.45. The Morgan fingerprint density at radius 3 is 2.55 bits per heavy atom. The Balaban J connectivity index is 1.62. The number of esters is 1. The third-order valence-electron chi connectivity index (χ3n) is 4.92. The van der Waals surface area contributed by atoms with Crippen LogP contribution in [0.25, 0.3) is 15.0 Å². The van der Waals surface area contributed by atoms with Crippen LogP contribution in [0.2, 0.25) is 0 Å². The van der Waals surface area contributed by atoms with Crippen LogP contribution in [-0.2, 0) is 10.3 Å². The smallest absolute Gasteiger partial charge is 0.339 e. The summed E-state index contributed by atoms with van der Waals surface area (Å²) in [5, 5.41) is 3.60. The lowest BCUT2D eigenvalue weighted by Gasteiger charge is -2.22. The van der Waals surface area contributed by atoms with Gasteiger partial charge in [0, 0.05) is 27.0 Å². The fourth-order valence-corrected chi connectivity index (χ4v) is 5.51. The van der Waals surface area contributed by atoms with Gasteiger partial charge in [-0.1, -0.05) is 18.1 Å². The number of aryl methyl sites for hydroxylation is 1. The molecule has 0 bridgehead atoms. The van der Waals surface area contributed by atoms with E-state index in [0.717, 1.165) is 0 Å². The SMILES string of the molecule is CC#CC(C)(OC(=O)c1ccc(-[s+]2cc(C)c3ccccc32)cc1)c1ccoc1. The van der Waals surface area contributed by atoms with E-state index in [4.69, 9.17) is 9.15 Å². The van der Waals surface area contributed by atoms with Gasteiger partial charge in [-0.25, -0.2) is 4.79 Å². The third-order valence-corrected chi connectivity index (χ3v) is 7.12. The number of carbonyl (C=O) groups is 1. The molecule has 0 aliphatic heterocycles. The highest BCUT2D eigenvalue weighted by molar-refractivity contribution is 7.43. The van der Waals surface area contributed by atoms with Crippen LogP contribution in [0, 0.1) is 18.8 Å². The first-order valence-electron chi connectivity index (χ1n) is 9.33. The highest BCUT2D eigenvalue weighted by atomic mass is 32.2. The monoisotopic (exact) mass is 401 g/mol. The lowest BCUT2D eigenvalue weighted by atomic mass is 9.99. The number of ether oxygens (including phenoxy) is 1. The Bertz CT molecular complexity index is 1220. The molecule has 2 aromatic carbocycles. The zero-order valence-electron chi connectivity index (χ0n) is 16.6. The number of rotatable bonds is 4. The van der Waals surface area contributed by atoms with E-state index >= 15 is 0 Å². The predicted molar refractivity (Wildman–Crippen MR) is 117 cm³/mol. The highest BCUT2D eigenvalue weighted by Gasteiger charge is 2.31. The van der Waals surface area contributed by atoms with E-state index in [0.29, 0.717) is 11.1 Å². The van der Waals surface area contributed by atoms with Gasteiger partial charge in [-0.3, -0.25) is 0 Å². The van der Waals surface area contributed by atoms with Crippen LogP contribution < -0.4 is 0 Å². The van der Waals surface area contributed by atoms with Crippen molar-refractivity contribution in [3.05, 3.63) is 89.2 Å². The number of thiophene rings is 1. The summed E-state index contributed by atoms with van der Waals surface area (Å²) in [4.78, 5) is 14.0. The van der Waals surface area contributed by atoms with Gasteiger partial charge in [-0.2, -0.15) is 0 Å². The van der Waals surface area contributed by atoms with Gasteiger partial charge in [0.2, 0.25) is 0 Å². The maximum absolute atomic E-state index is 12.8. The minimum Gasteiger partial charge on any atom is -0.472 e. The molecule has 2 unspecified atom stereocenters. The Morgan fingerprint density at radius 1 is 1.10 bits per heavy atom. The molecule has 4 rings (SSSR count). The van der Waals surface area contributed by atoms with Gasteiger partial charge in [0.05, 0.1) is 18.1 Å². The molecule has 144 valence electrons. The molecule has 0 saturated heterocycles. The first-order chi connectivity index (χ1) is 14.0. The summed E-state index contributed by atoms with van der Waals surface area (Å²) < 4.78 is 12.2. The number of benzene rings is 2. The maximum Gasteiger partial charge on any atom is 0.339 e. The molecule has 2 heterocycles. The molecule has 0 saturated carbocycles. The molecule has 3 nitrogen and oxygen atoms in total. The van der Waals surface area contributed by atoms with E-state index in [2.05, 4.69) is 48.4 Å². The minimum atomic E-state index is -1.05. The lowest BCUT2D eigenvalue weighted by Crippen LogP contribution is -2.27. The Morgan fingerprint density at radius 2 is 1.86 bits per heavy atom. The second kappa shape index (κ2) is 7.62. The Labute approximate surface area is 172 Å². The van der Waals surface area contributed by atoms with Crippen molar-refractivity contribution in [2.75, 3.05) is 0 Å². The zero-order valence-corrected chi connectivity index (χ0v) is 17.4. The molecular weight excluding hydrogens is 380 g/mol. The van der Waals surface area contributed by atoms with Crippen molar-refractivity contribution in [2.45, 2.75) is 26.4 Å². The summed E-state index contributed by atoms with van der Waals surface area (Å²) in [6, 6.07) is 17.9. The van der Waals surface area contributed by atoms with Crippen molar-refractivity contribution < 1.29 is 13.9 Å². The molecule has 0 amide bonds. The van der Waals surface area contributed by atoms with Gasteiger partial charge >= 0.3 is 5.97 Å². The van der Waals surface area contributed by atoms with Crippen molar-refractivity contribution in [1.82, 2.24) is 0 Å². The number of fused-ring (bicyclic) bond motifs is 1. The van der Waals surface area contributed by atoms with E-state index in [1.807, 2.05) is 24.3 Å². The van der Waals surface area contributed by atoms with Crippen LogP contribution in [0.1, 0.15) is 35.3 Å². The Kier molecular flexibility index (Phi) is 5.00. The van der Waals surface area contributed by atoms with Gasteiger partial charge in [0.1, 0.15) is 5.38 Å². The minimum absolute atomic E-state index is 0.112. The van der Waals surface area contributed by atoms with Crippen molar-refractivity contribution in [3.63, 3.8) is 0 Å². The molecule has 0 fully saturated rings. The first-order valence-corrected chi connectivity index (χ1v) is 10.6. The molecule has 0 radical (unpaired) electrons. The third kappa shape index (κ3) is 3.57. The molecule has 0 aliphatic rings. The summed E-state index contributed by atoms with van der Waals surface area (Å²) >= 11 is 0. The van der Waals surface area contributed by atoms with Crippen molar-refractivity contribution in [1.29, 1.82) is 0 Å². The molecule has 4 aromatic rings. The van der Waals surface area contributed by atoms with E-state index in [-0.39, 0.29) is 10.5 Å². The van der Waals surface area contributed by atoms with Gasteiger partial charge in [-0.15, -0.1) is 5.92 Å². The first kappa shape index (κ1) is 19.0. The topological polar surface area (TPSA) is 39.4 Å². The van der Waals surface area contributed by atoms with E-state index in [9.17, 15) is 4.79 Å². The highest BCUT2D eigenvalue weighted by Crippen LogP contribution is 2.41. The standard InChI is InChI=1S/C25H21O3S/c1-4-14-25(3,20-13-15-27-16-20)28-24(26)19-9-11-21(12-10-19)29-17-18(2)22-7-5-6-8-23(22)29/h5-13,15-17H,1-3H3/q+1. The summed E-state index contributed by atoms with van der Waals surface area (Å²) in [5.74, 6) is 5.40. The van der Waals surface area contributed by atoms with Crippen molar-refractivity contribution in [2.24, 2.45) is 0 Å². The fraction of sp³-hybridized carbons (Fsp3) is 0.160. The summed E-state index contributed by atoms with van der Waals surface area (Å²) in [7, 11) is -0.112. The summed E-state index contributed by atoms with van der Waals surface area (Å²) in [6.07, 6.45) is 3.09. The van der Waals surface area contributed by atoms with Gasteiger partial charge in [0.25, 0.3) is 0 Å².